The van der Waals surface area contributed by atoms with Crippen molar-refractivity contribution >= 4 is 11.6 Å². The van der Waals surface area contributed by atoms with E-state index in [1.54, 1.807) is 0 Å². The quantitative estimate of drug-likeness (QED) is 0.527. The number of carbonyl (C=O) groups excluding carboxylic acids is 2. The van der Waals surface area contributed by atoms with Gasteiger partial charge in [-0.2, -0.15) is 0 Å². The van der Waals surface area contributed by atoms with Crippen LogP contribution in [0.3, 0.4) is 0 Å². The SMILES string of the molecule is CC(=O)C(=O)CC1CC1. The predicted molar refractivity (Wildman–Crippen MR) is 33.0 cm³/mol. The van der Waals surface area contributed by atoms with Gasteiger partial charge in [0.25, 0.3) is 0 Å². The van der Waals surface area contributed by atoms with Gasteiger partial charge in [0.2, 0.25) is 0 Å². The molecule has 1 fully saturated rings. The fourth-order valence-electron chi connectivity index (χ4n) is 0.728. The van der Waals surface area contributed by atoms with Crippen LogP contribution in [-0.2, 0) is 9.59 Å². The van der Waals surface area contributed by atoms with Gasteiger partial charge in [-0.05, 0) is 18.8 Å². The van der Waals surface area contributed by atoms with Crippen LogP contribution in [0.5, 0.6) is 0 Å². The molecule has 0 saturated heterocycles. The molecule has 0 spiro atoms. The van der Waals surface area contributed by atoms with Gasteiger partial charge in [0.1, 0.15) is 0 Å². The summed E-state index contributed by atoms with van der Waals surface area (Å²) in [5.41, 5.74) is 0. The lowest BCUT2D eigenvalue weighted by Crippen LogP contribution is -2.09. The highest BCUT2D eigenvalue weighted by Crippen LogP contribution is 2.32. The Balaban J connectivity index is 2.25. The van der Waals surface area contributed by atoms with Gasteiger partial charge in [-0.3, -0.25) is 9.59 Å². The summed E-state index contributed by atoms with van der Waals surface area (Å²) in [7, 11) is 0. The molecule has 0 unspecified atom stereocenters. The normalized spacial score (nSPS) is 17.4. The standard InChI is InChI=1S/C7H10O2/c1-5(8)7(9)4-6-2-3-6/h6H,2-4H2,1H3. The zero-order valence-corrected chi connectivity index (χ0v) is 5.52. The highest BCUT2D eigenvalue weighted by molar-refractivity contribution is 6.36. The molecule has 50 valence electrons. The summed E-state index contributed by atoms with van der Waals surface area (Å²) >= 11 is 0. The molecule has 0 aromatic carbocycles. The molecule has 0 heterocycles. The number of hydrogen-bond acceptors (Lipinski definition) is 2. The van der Waals surface area contributed by atoms with E-state index in [-0.39, 0.29) is 11.6 Å². The van der Waals surface area contributed by atoms with E-state index in [2.05, 4.69) is 0 Å². The second-order valence-corrected chi connectivity index (χ2v) is 2.63. The summed E-state index contributed by atoms with van der Waals surface area (Å²) in [6.45, 7) is 1.34. The van der Waals surface area contributed by atoms with Crippen molar-refractivity contribution in [3.63, 3.8) is 0 Å². The lowest BCUT2D eigenvalue weighted by molar-refractivity contribution is -0.135. The predicted octanol–water partition coefficient (Wildman–Crippen LogP) is 0.945. The summed E-state index contributed by atoms with van der Waals surface area (Å²) in [5, 5.41) is 0. The summed E-state index contributed by atoms with van der Waals surface area (Å²) < 4.78 is 0. The van der Waals surface area contributed by atoms with Crippen LogP contribution in [0.15, 0.2) is 0 Å². The molecule has 1 rings (SSSR count). The van der Waals surface area contributed by atoms with Crippen LogP contribution in [-0.4, -0.2) is 11.6 Å². The van der Waals surface area contributed by atoms with Crippen molar-refractivity contribution < 1.29 is 9.59 Å². The van der Waals surface area contributed by atoms with Gasteiger partial charge in [0.05, 0.1) is 0 Å². The first kappa shape index (κ1) is 6.46. The average molecular weight is 126 g/mol. The minimum absolute atomic E-state index is 0.197. The third kappa shape index (κ3) is 1.96. The van der Waals surface area contributed by atoms with Crippen molar-refractivity contribution in [2.45, 2.75) is 26.2 Å². The Hall–Kier alpha value is -0.660. The van der Waals surface area contributed by atoms with Crippen molar-refractivity contribution in [3.05, 3.63) is 0 Å². The number of Topliss-reactive ketones (excluding diaryl/α,β-unsaturated/α-hetero) is 2. The van der Waals surface area contributed by atoms with E-state index in [9.17, 15) is 9.59 Å². The van der Waals surface area contributed by atoms with Gasteiger partial charge in [-0.1, -0.05) is 0 Å². The molecular weight excluding hydrogens is 116 g/mol. The van der Waals surface area contributed by atoms with Gasteiger partial charge in [0, 0.05) is 13.3 Å². The van der Waals surface area contributed by atoms with Crippen LogP contribution in [0.25, 0.3) is 0 Å². The molecule has 0 N–H and O–H groups in total. The molecule has 0 amide bonds. The summed E-state index contributed by atoms with van der Waals surface area (Å²) in [5.74, 6) is 0.0563. The van der Waals surface area contributed by atoms with Crippen molar-refractivity contribution in [1.82, 2.24) is 0 Å². The van der Waals surface area contributed by atoms with Crippen LogP contribution < -0.4 is 0 Å². The third-order valence-corrected chi connectivity index (χ3v) is 1.56. The molecule has 0 aromatic rings. The van der Waals surface area contributed by atoms with Crippen LogP contribution in [0.2, 0.25) is 0 Å². The Kier molecular flexibility index (Phi) is 1.65. The maximum atomic E-state index is 10.6. The zero-order chi connectivity index (χ0) is 6.85. The van der Waals surface area contributed by atoms with Gasteiger partial charge in [-0.25, -0.2) is 0 Å². The van der Waals surface area contributed by atoms with E-state index >= 15 is 0 Å². The summed E-state index contributed by atoms with van der Waals surface area (Å²) in [6, 6.07) is 0. The first-order valence-corrected chi connectivity index (χ1v) is 3.24. The number of ketones is 2. The largest absolute Gasteiger partial charge is 0.291 e. The number of rotatable bonds is 3. The Morgan fingerprint density at radius 1 is 1.44 bits per heavy atom. The Labute approximate surface area is 54.2 Å². The Bertz CT molecular complexity index is 145. The molecular formula is C7H10O2. The molecule has 2 nitrogen and oxygen atoms in total. The fraction of sp³-hybridized carbons (Fsp3) is 0.714. The van der Waals surface area contributed by atoms with Crippen molar-refractivity contribution in [3.8, 4) is 0 Å². The average Bonchev–Trinajstić information content (AvgIpc) is 2.50. The Morgan fingerprint density at radius 3 is 2.33 bits per heavy atom. The molecule has 2 heteroatoms. The smallest absolute Gasteiger partial charge is 0.198 e. The fourth-order valence-corrected chi connectivity index (χ4v) is 0.728. The molecule has 1 aliphatic rings. The zero-order valence-electron chi connectivity index (χ0n) is 5.52. The minimum atomic E-state index is -0.290. The molecule has 0 aromatic heterocycles. The topological polar surface area (TPSA) is 34.1 Å². The molecule has 1 saturated carbocycles. The van der Waals surface area contributed by atoms with E-state index in [4.69, 9.17) is 0 Å². The van der Waals surface area contributed by atoms with Crippen molar-refractivity contribution in [2.24, 2.45) is 5.92 Å². The van der Waals surface area contributed by atoms with E-state index in [1.807, 2.05) is 0 Å². The maximum Gasteiger partial charge on any atom is 0.198 e. The molecule has 0 aliphatic heterocycles. The molecule has 9 heavy (non-hydrogen) atoms. The highest BCUT2D eigenvalue weighted by atomic mass is 16.2. The molecule has 0 bridgehead atoms. The van der Waals surface area contributed by atoms with Crippen molar-refractivity contribution in [1.29, 1.82) is 0 Å². The van der Waals surface area contributed by atoms with Gasteiger partial charge in [-0.15, -0.1) is 0 Å². The first-order chi connectivity index (χ1) is 4.20. The van der Waals surface area contributed by atoms with Gasteiger partial charge >= 0.3 is 0 Å². The number of hydrogen-bond donors (Lipinski definition) is 0. The maximum absolute atomic E-state index is 10.6. The van der Waals surface area contributed by atoms with E-state index in [1.165, 1.54) is 6.92 Å². The summed E-state index contributed by atoms with van der Waals surface area (Å²) in [6.07, 6.45) is 2.77. The van der Waals surface area contributed by atoms with Crippen LogP contribution >= 0.6 is 0 Å². The molecule has 0 radical (unpaired) electrons. The monoisotopic (exact) mass is 126 g/mol. The van der Waals surface area contributed by atoms with Crippen LogP contribution in [0.1, 0.15) is 26.2 Å². The lowest BCUT2D eigenvalue weighted by atomic mass is 10.1. The lowest BCUT2D eigenvalue weighted by Gasteiger charge is -1.89. The highest BCUT2D eigenvalue weighted by Gasteiger charge is 2.25. The second-order valence-electron chi connectivity index (χ2n) is 2.63. The van der Waals surface area contributed by atoms with Crippen LogP contribution in [0.4, 0.5) is 0 Å². The minimum Gasteiger partial charge on any atom is -0.291 e. The first-order valence-electron chi connectivity index (χ1n) is 3.24. The third-order valence-electron chi connectivity index (χ3n) is 1.56. The molecule has 0 atom stereocenters. The van der Waals surface area contributed by atoms with Crippen LogP contribution in [0, 0.1) is 5.92 Å². The van der Waals surface area contributed by atoms with Crippen molar-refractivity contribution in [2.75, 3.05) is 0 Å². The van der Waals surface area contributed by atoms with E-state index < -0.39 is 0 Å². The van der Waals surface area contributed by atoms with Gasteiger partial charge in [0.15, 0.2) is 11.6 Å². The summed E-state index contributed by atoms with van der Waals surface area (Å²) in [4.78, 5) is 21.0. The van der Waals surface area contributed by atoms with E-state index in [0.717, 1.165) is 12.8 Å². The molecule has 1 aliphatic carbocycles. The Morgan fingerprint density at radius 2 is 2.00 bits per heavy atom. The second kappa shape index (κ2) is 2.29. The van der Waals surface area contributed by atoms with E-state index in [0.29, 0.717) is 12.3 Å². The van der Waals surface area contributed by atoms with Gasteiger partial charge < -0.3 is 0 Å². The number of carbonyl (C=O) groups is 2.